The van der Waals surface area contributed by atoms with Crippen LogP contribution in [0.4, 0.5) is 17.1 Å². The molecule has 5 aliphatic carbocycles. The van der Waals surface area contributed by atoms with Crippen LogP contribution in [-0.4, -0.2) is 0 Å². The van der Waals surface area contributed by atoms with Crippen LogP contribution in [0, 0.1) is 17.8 Å². The van der Waals surface area contributed by atoms with Crippen LogP contribution in [0.15, 0.2) is 199 Å². The molecule has 0 N–H and O–H groups in total. The Bertz CT molecular complexity index is 3040. The Morgan fingerprint density at radius 2 is 1.03 bits per heavy atom. The van der Waals surface area contributed by atoms with Gasteiger partial charge in [-0.05, 0) is 160 Å². The maximum atomic E-state index is 6.69. The van der Waals surface area contributed by atoms with Gasteiger partial charge < -0.3 is 9.32 Å². The summed E-state index contributed by atoms with van der Waals surface area (Å²) in [4.78, 5) is 2.50. The summed E-state index contributed by atoms with van der Waals surface area (Å²) >= 11 is 0. The molecule has 4 fully saturated rings. The summed E-state index contributed by atoms with van der Waals surface area (Å²) in [5.74, 6) is 2.71. The van der Waals surface area contributed by atoms with Crippen molar-refractivity contribution in [3.63, 3.8) is 0 Å². The van der Waals surface area contributed by atoms with E-state index in [1.807, 2.05) is 0 Å². The summed E-state index contributed by atoms with van der Waals surface area (Å²) in [6.07, 6.45) is 8.44. The van der Waals surface area contributed by atoms with Gasteiger partial charge in [-0.25, -0.2) is 0 Å². The molecule has 61 heavy (non-hydrogen) atoms. The number of anilines is 3. The molecule has 14 rings (SSSR count). The molecule has 0 saturated heterocycles. The average Bonchev–Trinajstić information content (AvgIpc) is 3.84. The van der Waals surface area contributed by atoms with Crippen molar-refractivity contribution in [1.29, 1.82) is 0 Å². The van der Waals surface area contributed by atoms with E-state index in [1.54, 1.807) is 5.56 Å². The van der Waals surface area contributed by atoms with Crippen molar-refractivity contribution >= 4 is 39.0 Å². The molecule has 0 aliphatic heterocycles. The van der Waals surface area contributed by atoms with Gasteiger partial charge in [0.05, 0.1) is 16.5 Å². The van der Waals surface area contributed by atoms with Gasteiger partial charge in [-0.1, -0.05) is 146 Å². The first-order valence-electron chi connectivity index (χ1n) is 22.4. The van der Waals surface area contributed by atoms with Crippen molar-refractivity contribution in [3.05, 3.63) is 222 Å². The van der Waals surface area contributed by atoms with E-state index in [2.05, 4.69) is 199 Å². The SMILES string of the molecule is c1ccc(-c2ccc3oc4cccc(N(c5ccc(C67CC8CC(CC(C8)C6)C7)cc5)c5cccc(C6(c7ccccc7)c7ccccc7-c7ccccc76)c5)c4c3c2)cc1. The minimum atomic E-state index is -0.503. The molecule has 294 valence electrons. The van der Waals surface area contributed by atoms with E-state index in [9.17, 15) is 0 Å². The zero-order valence-electron chi connectivity index (χ0n) is 34.3. The second kappa shape index (κ2) is 13.4. The number of benzene rings is 8. The predicted octanol–water partition coefficient (Wildman–Crippen LogP) is 15.6. The number of furan rings is 1. The molecule has 1 heterocycles. The fraction of sp³-hybridized carbons (Fsp3) is 0.186. The largest absolute Gasteiger partial charge is 0.456 e. The number of rotatable bonds is 7. The van der Waals surface area contributed by atoms with Gasteiger partial charge in [0.2, 0.25) is 0 Å². The molecule has 2 nitrogen and oxygen atoms in total. The van der Waals surface area contributed by atoms with Crippen LogP contribution in [0.1, 0.15) is 66.3 Å². The molecule has 4 saturated carbocycles. The molecule has 2 heteroatoms. The lowest BCUT2D eigenvalue weighted by Gasteiger charge is -2.57. The molecule has 9 aromatic rings. The smallest absolute Gasteiger partial charge is 0.137 e. The van der Waals surface area contributed by atoms with Gasteiger partial charge in [-0.2, -0.15) is 0 Å². The van der Waals surface area contributed by atoms with Crippen LogP contribution in [0.25, 0.3) is 44.2 Å². The van der Waals surface area contributed by atoms with Gasteiger partial charge in [0.25, 0.3) is 0 Å². The maximum absolute atomic E-state index is 6.69. The zero-order chi connectivity index (χ0) is 40.1. The number of hydrogen-bond acceptors (Lipinski definition) is 2. The van der Waals surface area contributed by atoms with E-state index in [1.165, 1.54) is 83.0 Å². The van der Waals surface area contributed by atoms with Crippen LogP contribution in [0.3, 0.4) is 0 Å². The molecule has 1 aromatic heterocycles. The number of hydrogen-bond donors (Lipinski definition) is 0. The standard InChI is InChI=1S/C59H47NO/c1-3-13-42(14-4-1)43-25-30-55-51(34-43)57-54(23-12-24-56(57)61-55)60(47-28-26-44(27-29-47)58-36-39-31-40(37-58)33-41(32-39)38-58)48-18-11-17-46(35-48)59(45-15-5-2-6-16-45)52-21-9-7-19-49(52)50-20-8-10-22-53(50)59/h1-30,34-35,39-41H,31-33,36-38H2. The van der Waals surface area contributed by atoms with Crippen molar-refractivity contribution in [3.8, 4) is 22.3 Å². The van der Waals surface area contributed by atoms with Crippen LogP contribution in [-0.2, 0) is 10.8 Å². The van der Waals surface area contributed by atoms with Crippen LogP contribution in [0.2, 0.25) is 0 Å². The molecular weight excluding hydrogens is 739 g/mol. The molecule has 5 aliphatic rings. The predicted molar refractivity (Wildman–Crippen MR) is 251 cm³/mol. The summed E-state index contributed by atoms with van der Waals surface area (Å²) in [5.41, 5.74) is 16.7. The first kappa shape index (κ1) is 35.1. The fourth-order valence-electron chi connectivity index (χ4n) is 13.3. The summed E-state index contributed by atoms with van der Waals surface area (Å²) in [7, 11) is 0. The molecule has 4 bridgehead atoms. The van der Waals surface area contributed by atoms with E-state index in [0.29, 0.717) is 5.41 Å². The highest BCUT2D eigenvalue weighted by Gasteiger charge is 2.51. The Labute approximate surface area is 358 Å². The Balaban J connectivity index is 1.04. The number of nitrogens with zero attached hydrogens (tertiary/aromatic N) is 1. The van der Waals surface area contributed by atoms with Crippen LogP contribution >= 0.6 is 0 Å². The second-order valence-electron chi connectivity index (χ2n) is 18.7. The minimum Gasteiger partial charge on any atom is -0.456 e. The van der Waals surface area contributed by atoms with E-state index in [0.717, 1.165) is 56.8 Å². The highest BCUT2D eigenvalue weighted by molar-refractivity contribution is 6.14. The molecule has 8 aromatic carbocycles. The lowest BCUT2D eigenvalue weighted by atomic mass is 9.48. The van der Waals surface area contributed by atoms with Gasteiger partial charge in [0.15, 0.2) is 0 Å². The third-order valence-corrected chi connectivity index (χ3v) is 15.3. The molecule has 0 amide bonds. The van der Waals surface area contributed by atoms with E-state index in [4.69, 9.17) is 4.42 Å². The van der Waals surface area contributed by atoms with Gasteiger partial charge in [0.1, 0.15) is 11.2 Å². The summed E-state index contributed by atoms with van der Waals surface area (Å²) in [6.45, 7) is 0. The monoisotopic (exact) mass is 785 g/mol. The molecule has 0 radical (unpaired) electrons. The lowest BCUT2D eigenvalue weighted by Crippen LogP contribution is -2.48. The molecule has 0 spiro atoms. The van der Waals surface area contributed by atoms with Gasteiger partial charge in [0, 0.05) is 16.8 Å². The van der Waals surface area contributed by atoms with Crippen LogP contribution in [0.5, 0.6) is 0 Å². The molecule has 0 unspecified atom stereocenters. The van der Waals surface area contributed by atoms with Crippen LogP contribution < -0.4 is 4.90 Å². The lowest BCUT2D eigenvalue weighted by molar-refractivity contribution is -0.00518. The normalized spacial score (nSPS) is 21.7. The minimum absolute atomic E-state index is 0.331. The highest BCUT2D eigenvalue weighted by atomic mass is 16.3. The first-order chi connectivity index (χ1) is 30.1. The molecule has 0 atom stereocenters. The Morgan fingerprint density at radius 3 is 1.72 bits per heavy atom. The topological polar surface area (TPSA) is 16.4 Å². The maximum Gasteiger partial charge on any atom is 0.137 e. The summed E-state index contributed by atoms with van der Waals surface area (Å²) in [6, 6.07) is 72.4. The fourth-order valence-corrected chi connectivity index (χ4v) is 13.3. The van der Waals surface area contributed by atoms with Crippen molar-refractivity contribution in [2.24, 2.45) is 17.8 Å². The van der Waals surface area contributed by atoms with E-state index >= 15 is 0 Å². The van der Waals surface area contributed by atoms with Crippen molar-refractivity contribution in [2.45, 2.75) is 49.4 Å². The summed E-state index contributed by atoms with van der Waals surface area (Å²) in [5, 5.41) is 2.25. The highest BCUT2D eigenvalue weighted by Crippen LogP contribution is 2.61. The Kier molecular flexibility index (Phi) is 7.74. The Hall–Kier alpha value is -6.64. The van der Waals surface area contributed by atoms with E-state index in [-0.39, 0.29) is 0 Å². The third-order valence-electron chi connectivity index (χ3n) is 15.3. The zero-order valence-corrected chi connectivity index (χ0v) is 34.3. The quantitative estimate of drug-likeness (QED) is 0.160. The summed E-state index contributed by atoms with van der Waals surface area (Å²) < 4.78 is 6.69. The van der Waals surface area contributed by atoms with Crippen molar-refractivity contribution in [2.75, 3.05) is 4.90 Å². The Morgan fingerprint density at radius 1 is 0.426 bits per heavy atom. The first-order valence-corrected chi connectivity index (χ1v) is 22.4. The third kappa shape index (κ3) is 5.27. The van der Waals surface area contributed by atoms with Gasteiger partial charge >= 0.3 is 0 Å². The second-order valence-corrected chi connectivity index (χ2v) is 18.7. The number of fused-ring (bicyclic) bond motifs is 6. The van der Waals surface area contributed by atoms with E-state index < -0.39 is 5.41 Å². The average molecular weight is 786 g/mol. The van der Waals surface area contributed by atoms with Crippen molar-refractivity contribution in [1.82, 2.24) is 0 Å². The van der Waals surface area contributed by atoms with Crippen molar-refractivity contribution < 1.29 is 4.42 Å². The van der Waals surface area contributed by atoms with Gasteiger partial charge in [-0.3, -0.25) is 0 Å². The molecular formula is C59H47NO. The van der Waals surface area contributed by atoms with Gasteiger partial charge in [-0.15, -0.1) is 0 Å².